The van der Waals surface area contributed by atoms with Crippen LogP contribution in [0.15, 0.2) is 30.3 Å². The minimum absolute atomic E-state index is 0.708. The van der Waals surface area contributed by atoms with Crippen LogP contribution >= 0.6 is 11.6 Å². The van der Waals surface area contributed by atoms with E-state index < -0.39 is 0 Å². The molecular weight excluding hydrogens is 288 g/mol. The number of hydrogen-bond acceptors (Lipinski definition) is 5. The molecule has 112 valence electrons. The summed E-state index contributed by atoms with van der Waals surface area (Å²) in [7, 11) is 1.70. The Labute approximate surface area is 129 Å². The van der Waals surface area contributed by atoms with Crippen LogP contribution in [0.5, 0.6) is 0 Å². The first-order valence-electron chi connectivity index (χ1n) is 6.78. The molecule has 2 aromatic rings. The Bertz CT molecular complexity index is 574. The quantitative estimate of drug-likeness (QED) is 0.765. The van der Waals surface area contributed by atoms with Gasteiger partial charge in [0, 0.05) is 37.0 Å². The molecule has 0 spiro atoms. The van der Waals surface area contributed by atoms with Gasteiger partial charge in [0.2, 0.25) is 0 Å². The second-order valence-electron chi connectivity index (χ2n) is 4.59. The van der Waals surface area contributed by atoms with E-state index in [4.69, 9.17) is 16.3 Å². The summed E-state index contributed by atoms with van der Waals surface area (Å²) in [5.74, 6) is 2.26. The number of anilines is 3. The van der Waals surface area contributed by atoms with Crippen LogP contribution in [0.3, 0.4) is 0 Å². The lowest BCUT2D eigenvalue weighted by Gasteiger charge is -2.10. The monoisotopic (exact) mass is 306 g/mol. The smallest absolute Gasteiger partial charge is 0.136 e. The summed E-state index contributed by atoms with van der Waals surface area (Å²) >= 11 is 5.87. The Morgan fingerprint density at radius 2 is 1.86 bits per heavy atom. The highest BCUT2D eigenvalue weighted by molar-refractivity contribution is 6.30. The molecule has 6 heteroatoms. The van der Waals surface area contributed by atoms with Crippen LogP contribution in [-0.2, 0) is 4.74 Å². The maximum absolute atomic E-state index is 5.87. The molecule has 1 aromatic carbocycles. The standard InChI is InChI=1S/C15H19ClN4O/c1-11-18-14(17-8-3-9-21-2)10-15(19-11)20-13-6-4-12(16)5-7-13/h4-7,10H,3,8-9H2,1-2H3,(H2,17,18,19,20). The fraction of sp³-hybridized carbons (Fsp3) is 0.333. The number of methoxy groups -OCH3 is 1. The van der Waals surface area contributed by atoms with Crippen molar-refractivity contribution < 1.29 is 4.74 Å². The lowest BCUT2D eigenvalue weighted by molar-refractivity contribution is 0.198. The molecule has 0 bridgehead atoms. The summed E-state index contributed by atoms with van der Waals surface area (Å²) in [5, 5.41) is 7.21. The minimum Gasteiger partial charge on any atom is -0.385 e. The van der Waals surface area contributed by atoms with E-state index in [1.54, 1.807) is 7.11 Å². The van der Waals surface area contributed by atoms with Gasteiger partial charge in [0.1, 0.15) is 17.5 Å². The zero-order valence-corrected chi connectivity index (χ0v) is 12.9. The van der Waals surface area contributed by atoms with Crippen molar-refractivity contribution in [3.05, 3.63) is 41.2 Å². The highest BCUT2D eigenvalue weighted by atomic mass is 35.5. The molecule has 0 saturated heterocycles. The van der Waals surface area contributed by atoms with Gasteiger partial charge >= 0.3 is 0 Å². The van der Waals surface area contributed by atoms with E-state index in [2.05, 4.69) is 20.6 Å². The predicted octanol–water partition coefficient (Wildman–Crippen LogP) is 3.63. The fourth-order valence-corrected chi connectivity index (χ4v) is 1.96. The van der Waals surface area contributed by atoms with Gasteiger partial charge in [-0.05, 0) is 37.6 Å². The van der Waals surface area contributed by atoms with Gasteiger partial charge < -0.3 is 15.4 Å². The van der Waals surface area contributed by atoms with Crippen LogP contribution < -0.4 is 10.6 Å². The molecule has 2 N–H and O–H groups in total. The third-order valence-electron chi connectivity index (χ3n) is 2.79. The van der Waals surface area contributed by atoms with Gasteiger partial charge in [-0.25, -0.2) is 9.97 Å². The third kappa shape index (κ3) is 5.21. The number of hydrogen-bond donors (Lipinski definition) is 2. The third-order valence-corrected chi connectivity index (χ3v) is 3.04. The predicted molar refractivity (Wildman–Crippen MR) is 86.5 cm³/mol. The zero-order valence-electron chi connectivity index (χ0n) is 12.2. The van der Waals surface area contributed by atoms with Crippen molar-refractivity contribution >= 4 is 28.9 Å². The zero-order chi connectivity index (χ0) is 15.1. The molecule has 0 radical (unpaired) electrons. The van der Waals surface area contributed by atoms with Crippen LogP contribution in [0.25, 0.3) is 0 Å². The van der Waals surface area contributed by atoms with E-state index in [9.17, 15) is 0 Å². The molecule has 0 saturated carbocycles. The van der Waals surface area contributed by atoms with Crippen molar-refractivity contribution in [2.24, 2.45) is 0 Å². The molecule has 2 rings (SSSR count). The van der Waals surface area contributed by atoms with Gasteiger partial charge in [0.05, 0.1) is 0 Å². The Kier molecular flexibility index (Phi) is 5.78. The molecule has 0 aliphatic carbocycles. The molecule has 0 aliphatic rings. The number of aromatic nitrogens is 2. The van der Waals surface area contributed by atoms with Crippen molar-refractivity contribution in [1.82, 2.24) is 9.97 Å². The fourth-order valence-electron chi connectivity index (χ4n) is 1.84. The largest absolute Gasteiger partial charge is 0.385 e. The van der Waals surface area contributed by atoms with Crippen molar-refractivity contribution in [1.29, 1.82) is 0 Å². The SMILES string of the molecule is COCCCNc1cc(Nc2ccc(Cl)cc2)nc(C)n1. The molecule has 0 aliphatic heterocycles. The maximum Gasteiger partial charge on any atom is 0.136 e. The molecule has 0 amide bonds. The Hall–Kier alpha value is -1.85. The molecule has 0 fully saturated rings. The van der Waals surface area contributed by atoms with Crippen LogP contribution in [0, 0.1) is 6.92 Å². The summed E-state index contributed by atoms with van der Waals surface area (Å²) in [6.45, 7) is 3.41. The highest BCUT2D eigenvalue weighted by Gasteiger charge is 2.02. The number of rotatable bonds is 7. The van der Waals surface area contributed by atoms with E-state index in [-0.39, 0.29) is 0 Å². The van der Waals surface area contributed by atoms with E-state index in [0.29, 0.717) is 10.8 Å². The summed E-state index contributed by atoms with van der Waals surface area (Å²) in [6.07, 6.45) is 0.930. The normalized spacial score (nSPS) is 10.4. The minimum atomic E-state index is 0.708. The van der Waals surface area contributed by atoms with Gasteiger partial charge in [0.25, 0.3) is 0 Å². The lowest BCUT2D eigenvalue weighted by Crippen LogP contribution is -2.08. The number of nitrogens with zero attached hydrogens (tertiary/aromatic N) is 2. The van der Waals surface area contributed by atoms with Gasteiger partial charge in [-0.3, -0.25) is 0 Å². The molecule has 0 atom stereocenters. The number of aryl methyl sites for hydroxylation is 1. The first-order valence-corrected chi connectivity index (χ1v) is 7.16. The summed E-state index contributed by atoms with van der Waals surface area (Å²) in [6, 6.07) is 9.37. The van der Waals surface area contributed by atoms with Gasteiger partial charge in [0.15, 0.2) is 0 Å². The number of nitrogens with one attached hydrogen (secondary N) is 2. The average molecular weight is 307 g/mol. The topological polar surface area (TPSA) is 59.1 Å². The van der Waals surface area contributed by atoms with E-state index in [0.717, 1.165) is 36.9 Å². The number of halogens is 1. The maximum atomic E-state index is 5.87. The second-order valence-corrected chi connectivity index (χ2v) is 5.03. The molecular formula is C15H19ClN4O. The molecule has 1 heterocycles. The van der Waals surface area contributed by atoms with E-state index in [1.807, 2.05) is 37.3 Å². The van der Waals surface area contributed by atoms with Crippen LogP contribution in [-0.4, -0.2) is 30.2 Å². The Morgan fingerprint density at radius 1 is 1.14 bits per heavy atom. The number of benzene rings is 1. The molecule has 5 nitrogen and oxygen atoms in total. The van der Waals surface area contributed by atoms with E-state index in [1.165, 1.54) is 0 Å². The van der Waals surface area contributed by atoms with Gasteiger partial charge in [-0.2, -0.15) is 0 Å². The van der Waals surface area contributed by atoms with Crippen LogP contribution in [0.2, 0.25) is 5.02 Å². The van der Waals surface area contributed by atoms with Gasteiger partial charge in [-0.1, -0.05) is 11.6 Å². The molecule has 0 unspecified atom stereocenters. The first kappa shape index (κ1) is 15.5. The highest BCUT2D eigenvalue weighted by Crippen LogP contribution is 2.19. The van der Waals surface area contributed by atoms with Crippen LogP contribution in [0.1, 0.15) is 12.2 Å². The second kappa shape index (κ2) is 7.81. The van der Waals surface area contributed by atoms with Crippen molar-refractivity contribution in [2.75, 3.05) is 30.9 Å². The summed E-state index contributed by atoms with van der Waals surface area (Å²) < 4.78 is 5.02. The summed E-state index contributed by atoms with van der Waals surface area (Å²) in [4.78, 5) is 8.74. The first-order chi connectivity index (χ1) is 10.2. The summed E-state index contributed by atoms with van der Waals surface area (Å²) in [5.41, 5.74) is 0.933. The van der Waals surface area contributed by atoms with Crippen molar-refractivity contribution in [2.45, 2.75) is 13.3 Å². The van der Waals surface area contributed by atoms with E-state index >= 15 is 0 Å². The lowest BCUT2D eigenvalue weighted by atomic mass is 10.3. The van der Waals surface area contributed by atoms with Crippen molar-refractivity contribution in [3.63, 3.8) is 0 Å². The Morgan fingerprint density at radius 3 is 2.57 bits per heavy atom. The van der Waals surface area contributed by atoms with Gasteiger partial charge in [-0.15, -0.1) is 0 Å². The average Bonchev–Trinajstić information content (AvgIpc) is 2.46. The van der Waals surface area contributed by atoms with Crippen LogP contribution in [0.4, 0.5) is 17.3 Å². The van der Waals surface area contributed by atoms with Crippen molar-refractivity contribution in [3.8, 4) is 0 Å². The Balaban J connectivity index is 2.02. The number of ether oxygens (including phenoxy) is 1. The molecule has 1 aromatic heterocycles. The molecule has 21 heavy (non-hydrogen) atoms.